The van der Waals surface area contributed by atoms with E-state index in [1.54, 1.807) is 6.20 Å². The number of nitrogens with zero attached hydrogens (tertiary/aromatic N) is 3. The summed E-state index contributed by atoms with van der Waals surface area (Å²) in [5, 5.41) is 15.3. The lowest BCUT2D eigenvalue weighted by Crippen LogP contribution is -2.41. The molecule has 2 aromatic heterocycles. The van der Waals surface area contributed by atoms with Gasteiger partial charge in [0.15, 0.2) is 0 Å². The SMILES string of the molecule is O=C(Cc1ccccc1)NC1=CC=C(CCCCc2nnc(NC(=O)Cc3ccccn3)s2)NN1. The maximum atomic E-state index is 12.2. The fourth-order valence-electron chi connectivity index (χ4n) is 3.44. The molecule has 180 valence electrons. The Balaban J connectivity index is 1.14. The van der Waals surface area contributed by atoms with Crippen molar-refractivity contribution in [3.63, 3.8) is 0 Å². The zero-order valence-electron chi connectivity index (χ0n) is 19.2. The second kappa shape index (κ2) is 12.4. The van der Waals surface area contributed by atoms with Crippen LogP contribution in [0.4, 0.5) is 5.13 Å². The highest BCUT2D eigenvalue weighted by molar-refractivity contribution is 7.15. The standard InChI is InChI=1S/C25H27N7O2S/c33-22(16-18-8-2-1-3-9-18)27-21-14-13-19(29-30-21)10-4-5-12-24-31-32-25(35-24)28-23(34)17-20-11-6-7-15-26-20/h1-3,6-9,11,13-15,29-30H,4-5,10,12,16-17H2,(H,27,33)(H,28,32,34). The van der Waals surface area contributed by atoms with E-state index >= 15 is 0 Å². The number of carbonyl (C=O) groups is 2. The lowest BCUT2D eigenvalue weighted by Gasteiger charge is -2.20. The van der Waals surface area contributed by atoms with Crippen LogP contribution in [0.2, 0.25) is 0 Å². The van der Waals surface area contributed by atoms with E-state index in [0.717, 1.165) is 42.0 Å². The molecular formula is C25H27N7O2S. The highest BCUT2D eigenvalue weighted by Gasteiger charge is 2.11. The molecule has 0 atom stereocenters. The van der Waals surface area contributed by atoms with Crippen molar-refractivity contribution in [3.8, 4) is 0 Å². The van der Waals surface area contributed by atoms with Gasteiger partial charge in [-0.25, -0.2) is 0 Å². The van der Waals surface area contributed by atoms with Crippen molar-refractivity contribution < 1.29 is 9.59 Å². The molecule has 0 aliphatic carbocycles. The lowest BCUT2D eigenvalue weighted by molar-refractivity contribution is -0.120. The molecule has 0 saturated carbocycles. The minimum atomic E-state index is -0.155. The summed E-state index contributed by atoms with van der Waals surface area (Å²) in [6, 6.07) is 15.1. The average Bonchev–Trinajstić information content (AvgIpc) is 3.31. The first-order valence-corrected chi connectivity index (χ1v) is 12.2. The molecule has 0 bridgehead atoms. The number of hydrogen-bond donors (Lipinski definition) is 4. The van der Waals surface area contributed by atoms with Crippen LogP contribution in [0.5, 0.6) is 0 Å². The molecule has 1 aromatic carbocycles. The number of aryl methyl sites for hydroxylation is 1. The number of hydrogen-bond acceptors (Lipinski definition) is 8. The van der Waals surface area contributed by atoms with Crippen molar-refractivity contribution in [2.24, 2.45) is 0 Å². The molecule has 0 fully saturated rings. The number of allylic oxidation sites excluding steroid dienone is 3. The Labute approximate surface area is 207 Å². The summed E-state index contributed by atoms with van der Waals surface area (Å²) >= 11 is 1.40. The van der Waals surface area contributed by atoms with E-state index in [2.05, 4.69) is 36.7 Å². The number of pyridine rings is 1. The van der Waals surface area contributed by atoms with Crippen molar-refractivity contribution in [2.75, 3.05) is 5.32 Å². The number of rotatable bonds is 11. The molecule has 0 radical (unpaired) electrons. The van der Waals surface area contributed by atoms with Gasteiger partial charge in [0, 0.05) is 24.0 Å². The summed E-state index contributed by atoms with van der Waals surface area (Å²) in [4.78, 5) is 28.5. The lowest BCUT2D eigenvalue weighted by atomic mass is 10.1. The van der Waals surface area contributed by atoms with Crippen LogP contribution in [0.25, 0.3) is 0 Å². The summed E-state index contributed by atoms with van der Waals surface area (Å²) in [6.07, 6.45) is 9.60. The molecule has 1 aliphatic heterocycles. The molecule has 4 rings (SSSR count). The summed E-state index contributed by atoms with van der Waals surface area (Å²) in [5.41, 5.74) is 8.90. The van der Waals surface area contributed by atoms with Gasteiger partial charge < -0.3 is 16.1 Å². The maximum absolute atomic E-state index is 12.2. The van der Waals surface area contributed by atoms with Gasteiger partial charge in [0.1, 0.15) is 10.8 Å². The fourth-order valence-corrected chi connectivity index (χ4v) is 4.23. The number of hydrazine groups is 1. The molecule has 9 nitrogen and oxygen atoms in total. The van der Waals surface area contributed by atoms with Crippen molar-refractivity contribution in [1.29, 1.82) is 0 Å². The maximum Gasteiger partial charge on any atom is 0.232 e. The van der Waals surface area contributed by atoms with E-state index in [0.29, 0.717) is 23.1 Å². The van der Waals surface area contributed by atoms with Gasteiger partial charge in [-0.15, -0.1) is 10.2 Å². The molecular weight excluding hydrogens is 462 g/mol. The van der Waals surface area contributed by atoms with Crippen LogP contribution in [0, 0.1) is 0 Å². The van der Waals surface area contributed by atoms with Crippen LogP contribution in [-0.4, -0.2) is 27.0 Å². The highest BCUT2D eigenvalue weighted by Crippen LogP contribution is 2.18. The molecule has 35 heavy (non-hydrogen) atoms. The normalized spacial score (nSPS) is 12.6. The molecule has 1 aliphatic rings. The minimum Gasteiger partial charge on any atom is -0.311 e. The summed E-state index contributed by atoms with van der Waals surface area (Å²) < 4.78 is 0. The minimum absolute atomic E-state index is 0.0713. The number of amides is 2. The Hall–Kier alpha value is -4.05. The number of anilines is 1. The largest absolute Gasteiger partial charge is 0.311 e. The third-order valence-corrected chi connectivity index (χ3v) is 6.06. The van der Waals surface area contributed by atoms with Gasteiger partial charge in [0.25, 0.3) is 0 Å². The Morgan fingerprint density at radius 3 is 2.40 bits per heavy atom. The monoisotopic (exact) mass is 489 g/mol. The van der Waals surface area contributed by atoms with Crippen LogP contribution < -0.4 is 21.5 Å². The van der Waals surface area contributed by atoms with E-state index in [9.17, 15) is 9.59 Å². The van der Waals surface area contributed by atoms with Gasteiger partial charge in [-0.05, 0) is 49.1 Å². The van der Waals surface area contributed by atoms with Crippen LogP contribution in [0.1, 0.15) is 35.5 Å². The molecule has 4 N–H and O–H groups in total. The predicted octanol–water partition coefficient (Wildman–Crippen LogP) is 3.02. The van der Waals surface area contributed by atoms with Crippen molar-refractivity contribution >= 4 is 28.3 Å². The van der Waals surface area contributed by atoms with Crippen LogP contribution in [0.15, 0.2) is 78.4 Å². The topological polar surface area (TPSA) is 121 Å². The summed E-state index contributed by atoms with van der Waals surface area (Å²) in [6.45, 7) is 0. The van der Waals surface area contributed by atoms with Gasteiger partial charge in [-0.3, -0.25) is 20.0 Å². The Kier molecular flexibility index (Phi) is 8.55. The average molecular weight is 490 g/mol. The third-order valence-electron chi connectivity index (χ3n) is 5.16. The molecule has 2 amide bonds. The summed E-state index contributed by atoms with van der Waals surface area (Å²) in [7, 11) is 0. The van der Waals surface area contributed by atoms with Crippen LogP contribution >= 0.6 is 11.3 Å². The zero-order chi connectivity index (χ0) is 24.3. The molecule has 3 heterocycles. The number of unbranched alkanes of at least 4 members (excludes halogenated alkanes) is 1. The number of benzene rings is 1. The third kappa shape index (κ3) is 8.04. The second-order valence-corrected chi connectivity index (χ2v) is 9.05. The summed E-state index contributed by atoms with van der Waals surface area (Å²) in [5.74, 6) is 0.400. The number of nitrogens with one attached hydrogen (secondary N) is 4. The first-order chi connectivity index (χ1) is 17.1. The predicted molar refractivity (Wildman–Crippen MR) is 135 cm³/mol. The molecule has 0 spiro atoms. The highest BCUT2D eigenvalue weighted by atomic mass is 32.1. The Bertz CT molecular complexity index is 1190. The van der Waals surface area contributed by atoms with E-state index in [-0.39, 0.29) is 18.2 Å². The number of carbonyl (C=O) groups excluding carboxylic acids is 2. The van der Waals surface area contributed by atoms with Crippen LogP contribution in [0.3, 0.4) is 0 Å². The van der Waals surface area contributed by atoms with E-state index in [1.807, 2.05) is 60.7 Å². The van der Waals surface area contributed by atoms with Gasteiger partial charge in [0.2, 0.25) is 16.9 Å². The van der Waals surface area contributed by atoms with E-state index < -0.39 is 0 Å². The van der Waals surface area contributed by atoms with E-state index in [4.69, 9.17) is 0 Å². The first kappa shape index (κ1) is 24.1. The zero-order valence-corrected chi connectivity index (χ0v) is 20.0. The second-order valence-electron chi connectivity index (χ2n) is 7.99. The fraction of sp³-hybridized carbons (Fsp3) is 0.240. The van der Waals surface area contributed by atoms with Gasteiger partial charge in [-0.2, -0.15) is 0 Å². The van der Waals surface area contributed by atoms with Gasteiger partial charge >= 0.3 is 0 Å². The molecule has 0 saturated heterocycles. The van der Waals surface area contributed by atoms with Crippen molar-refractivity contribution in [3.05, 3.63) is 94.7 Å². The molecule has 3 aromatic rings. The number of aromatic nitrogens is 3. The Morgan fingerprint density at radius 1 is 0.829 bits per heavy atom. The molecule has 0 unspecified atom stereocenters. The first-order valence-electron chi connectivity index (χ1n) is 11.4. The van der Waals surface area contributed by atoms with Gasteiger partial charge in [-0.1, -0.05) is 47.7 Å². The quantitative estimate of drug-likeness (QED) is 0.306. The Morgan fingerprint density at radius 2 is 1.63 bits per heavy atom. The van der Waals surface area contributed by atoms with E-state index in [1.165, 1.54) is 11.3 Å². The molecule has 10 heteroatoms. The van der Waals surface area contributed by atoms with Crippen molar-refractivity contribution in [2.45, 2.75) is 38.5 Å². The van der Waals surface area contributed by atoms with Crippen molar-refractivity contribution in [1.82, 2.24) is 31.3 Å². The smallest absolute Gasteiger partial charge is 0.232 e. The van der Waals surface area contributed by atoms with Crippen LogP contribution in [-0.2, 0) is 28.9 Å². The van der Waals surface area contributed by atoms with Gasteiger partial charge in [0.05, 0.1) is 12.8 Å².